The van der Waals surface area contributed by atoms with E-state index in [0.717, 1.165) is 0 Å². The van der Waals surface area contributed by atoms with Crippen LogP contribution in [0.4, 0.5) is 22.7 Å². The molecule has 1 fully saturated rings. The van der Waals surface area contributed by atoms with Gasteiger partial charge >= 0.3 is 0 Å². The van der Waals surface area contributed by atoms with Crippen molar-refractivity contribution in [2.75, 3.05) is 34.3 Å². The molecular formula is C32H28Cl2N4O8S2. The highest BCUT2D eigenvalue weighted by Gasteiger charge is 2.52. The maximum Gasteiger partial charge on any atom is 0.263 e. The van der Waals surface area contributed by atoms with Gasteiger partial charge < -0.3 is 20.1 Å². The molecule has 16 heteroatoms. The molecule has 0 heterocycles. The minimum atomic E-state index is -4.21. The van der Waals surface area contributed by atoms with Crippen LogP contribution in [-0.2, 0) is 29.6 Å². The molecule has 48 heavy (non-hydrogen) atoms. The van der Waals surface area contributed by atoms with Gasteiger partial charge in [-0.2, -0.15) is 0 Å². The zero-order valence-electron chi connectivity index (χ0n) is 25.3. The summed E-state index contributed by atoms with van der Waals surface area (Å²) in [4.78, 5) is 25.7. The Bertz CT molecular complexity index is 2010. The van der Waals surface area contributed by atoms with E-state index in [2.05, 4.69) is 26.7 Å². The van der Waals surface area contributed by atoms with Gasteiger partial charge in [-0.3, -0.25) is 19.0 Å². The number of halogens is 2. The lowest BCUT2D eigenvalue weighted by atomic mass is 10.2. The third-order valence-electron chi connectivity index (χ3n) is 7.27. The van der Waals surface area contributed by atoms with Gasteiger partial charge in [-0.25, -0.2) is 16.8 Å². The van der Waals surface area contributed by atoms with E-state index in [-0.39, 0.29) is 42.6 Å². The molecule has 1 aliphatic carbocycles. The van der Waals surface area contributed by atoms with Crippen LogP contribution in [0, 0.1) is 11.8 Å². The van der Waals surface area contributed by atoms with Gasteiger partial charge in [-0.15, -0.1) is 0 Å². The van der Waals surface area contributed by atoms with Crippen LogP contribution in [0.25, 0.3) is 0 Å². The molecule has 4 N–H and O–H groups in total. The predicted octanol–water partition coefficient (Wildman–Crippen LogP) is 5.99. The molecule has 12 nitrogen and oxygen atoms in total. The van der Waals surface area contributed by atoms with Crippen molar-refractivity contribution in [3.63, 3.8) is 0 Å². The molecule has 4 aromatic rings. The Morgan fingerprint density at radius 3 is 1.40 bits per heavy atom. The molecular weight excluding hydrogens is 703 g/mol. The number of nitrogens with one attached hydrogen (secondary N) is 4. The summed E-state index contributed by atoms with van der Waals surface area (Å²) in [7, 11) is -5.62. The summed E-state index contributed by atoms with van der Waals surface area (Å²) in [5.41, 5.74) is 0.903. The van der Waals surface area contributed by atoms with E-state index in [4.69, 9.17) is 32.7 Å². The lowest BCUT2D eigenvalue weighted by molar-refractivity contribution is -0.122. The van der Waals surface area contributed by atoms with Crippen LogP contribution < -0.4 is 29.6 Å². The van der Waals surface area contributed by atoms with Gasteiger partial charge in [-0.05, 0) is 60.7 Å². The van der Waals surface area contributed by atoms with Crippen LogP contribution in [0.15, 0.2) is 107 Å². The highest BCUT2D eigenvalue weighted by atomic mass is 35.5. The highest BCUT2D eigenvalue weighted by Crippen LogP contribution is 2.46. The molecule has 0 spiro atoms. The second-order valence-electron chi connectivity index (χ2n) is 10.4. The lowest BCUT2D eigenvalue weighted by Crippen LogP contribution is -2.21. The number of carbonyl (C=O) groups excluding carboxylic acids is 2. The summed E-state index contributed by atoms with van der Waals surface area (Å²) < 4.78 is 68.0. The minimum Gasteiger partial charge on any atom is -0.495 e. The SMILES string of the molecule is C=C1C(C(=O)Nc2ccc(Cl)c(S(=O)(=O)Nc3ccccc3OC)c2)[C@H]1C(=O)Nc1ccc(Cl)c(S(=O)(=O)Nc2ccccc2OC)c1. The Morgan fingerprint density at radius 2 is 1.02 bits per heavy atom. The molecule has 0 radical (unpaired) electrons. The van der Waals surface area contributed by atoms with E-state index >= 15 is 0 Å². The number of hydrogen-bond donors (Lipinski definition) is 4. The number of methoxy groups -OCH3 is 2. The van der Waals surface area contributed by atoms with Crippen molar-refractivity contribution in [3.8, 4) is 11.5 Å². The number of para-hydroxylation sites is 4. The Morgan fingerprint density at radius 1 is 0.646 bits per heavy atom. The first-order chi connectivity index (χ1) is 22.8. The van der Waals surface area contributed by atoms with Crippen molar-refractivity contribution in [2.45, 2.75) is 9.79 Å². The van der Waals surface area contributed by atoms with Crippen LogP contribution in [0.5, 0.6) is 11.5 Å². The molecule has 2 amide bonds. The van der Waals surface area contributed by atoms with Crippen LogP contribution in [0.1, 0.15) is 0 Å². The van der Waals surface area contributed by atoms with Crippen LogP contribution in [-0.4, -0.2) is 42.9 Å². The van der Waals surface area contributed by atoms with E-state index < -0.39 is 43.7 Å². The van der Waals surface area contributed by atoms with Crippen molar-refractivity contribution in [3.05, 3.63) is 107 Å². The Hall–Kier alpha value is -4.76. The van der Waals surface area contributed by atoms with E-state index in [9.17, 15) is 26.4 Å². The molecule has 1 saturated carbocycles. The van der Waals surface area contributed by atoms with Gasteiger partial charge in [-0.1, -0.05) is 59.6 Å². The molecule has 1 unspecified atom stereocenters. The van der Waals surface area contributed by atoms with Gasteiger partial charge in [0.15, 0.2) is 0 Å². The van der Waals surface area contributed by atoms with Crippen LogP contribution >= 0.6 is 23.2 Å². The van der Waals surface area contributed by atoms with E-state index in [0.29, 0.717) is 17.1 Å². The summed E-state index contributed by atoms with van der Waals surface area (Å²) in [5.74, 6) is -2.50. The third kappa shape index (κ3) is 7.36. The fourth-order valence-electron chi connectivity index (χ4n) is 4.83. The topological polar surface area (TPSA) is 169 Å². The van der Waals surface area contributed by atoms with Gasteiger partial charge in [0, 0.05) is 11.4 Å². The second-order valence-corrected chi connectivity index (χ2v) is 14.5. The Kier molecular flexibility index (Phi) is 9.91. The van der Waals surface area contributed by atoms with Crippen LogP contribution in [0.3, 0.4) is 0 Å². The number of carbonyl (C=O) groups is 2. The zero-order chi connectivity index (χ0) is 34.8. The van der Waals surface area contributed by atoms with E-state index in [1.807, 2.05) is 0 Å². The van der Waals surface area contributed by atoms with Gasteiger partial charge in [0.1, 0.15) is 21.3 Å². The van der Waals surface area contributed by atoms with Crippen molar-refractivity contribution in [2.24, 2.45) is 11.8 Å². The average molecular weight is 732 g/mol. The number of rotatable bonds is 12. The summed E-state index contributed by atoms with van der Waals surface area (Å²) in [6, 6.07) is 20.6. The molecule has 0 saturated heterocycles. The smallest absolute Gasteiger partial charge is 0.263 e. The van der Waals surface area contributed by atoms with Gasteiger partial charge in [0.2, 0.25) is 11.8 Å². The largest absolute Gasteiger partial charge is 0.495 e. The third-order valence-corrected chi connectivity index (χ3v) is 11.0. The number of hydrogen-bond acceptors (Lipinski definition) is 8. The molecule has 4 aromatic carbocycles. The van der Waals surface area contributed by atoms with Gasteiger partial charge in [0.05, 0.1) is 47.5 Å². The monoisotopic (exact) mass is 730 g/mol. The predicted molar refractivity (Wildman–Crippen MR) is 184 cm³/mol. The molecule has 250 valence electrons. The first-order valence-corrected chi connectivity index (χ1v) is 17.7. The van der Waals surface area contributed by atoms with E-state index in [1.165, 1.54) is 62.8 Å². The lowest BCUT2D eigenvalue weighted by Gasteiger charge is -2.14. The average Bonchev–Trinajstić information content (AvgIpc) is 3.73. The maximum atomic E-state index is 13.2. The Balaban J connectivity index is 1.27. The van der Waals surface area contributed by atoms with Crippen molar-refractivity contribution >= 4 is 77.8 Å². The number of sulfonamides is 2. The number of benzene rings is 4. The van der Waals surface area contributed by atoms with Crippen molar-refractivity contribution in [1.82, 2.24) is 0 Å². The molecule has 0 aliphatic heterocycles. The summed E-state index contributed by atoms with van der Waals surface area (Å²) in [6.07, 6.45) is 0. The highest BCUT2D eigenvalue weighted by molar-refractivity contribution is 7.93. The quantitative estimate of drug-likeness (QED) is 0.129. The van der Waals surface area contributed by atoms with Crippen LogP contribution in [0.2, 0.25) is 10.0 Å². The number of amides is 2. The fourth-order valence-corrected chi connectivity index (χ4v) is 8.02. The summed E-state index contributed by atoms with van der Waals surface area (Å²) in [6.45, 7) is 3.82. The standard InChI is InChI=1S/C32H28Cl2N4O8S2/c1-18-29(31(39)35-19-12-14-21(33)27(16-19)47(41,42)37-23-8-4-6-10-25(23)45-2)30(18)32(40)36-20-13-15-22(34)28(17-20)48(43,44)38-24-9-5-7-11-26(24)46-3/h4-17,29-30,37-38H,1H2,2-3H3,(H,35,39)(H,36,40)/t29-,30?/m0/s1. The first-order valence-electron chi connectivity index (χ1n) is 14.0. The fraction of sp³-hybridized carbons (Fsp3) is 0.125. The second kappa shape index (κ2) is 13.8. The maximum absolute atomic E-state index is 13.2. The number of ether oxygens (including phenoxy) is 2. The Labute approximate surface area is 287 Å². The van der Waals surface area contributed by atoms with Crippen molar-refractivity contribution in [1.29, 1.82) is 0 Å². The number of anilines is 4. The minimum absolute atomic E-state index is 0.0917. The summed E-state index contributed by atoms with van der Waals surface area (Å²) in [5, 5.41) is 5.03. The van der Waals surface area contributed by atoms with Crippen molar-refractivity contribution < 1.29 is 35.9 Å². The molecule has 0 bridgehead atoms. The van der Waals surface area contributed by atoms with E-state index in [1.54, 1.807) is 36.4 Å². The molecule has 1 aliphatic rings. The van der Waals surface area contributed by atoms with Gasteiger partial charge in [0.25, 0.3) is 20.0 Å². The normalized spacial score (nSPS) is 15.6. The zero-order valence-corrected chi connectivity index (χ0v) is 28.4. The molecule has 5 rings (SSSR count). The molecule has 2 atom stereocenters. The first kappa shape index (κ1) is 34.6. The molecule has 0 aromatic heterocycles. The summed E-state index contributed by atoms with van der Waals surface area (Å²) >= 11 is 12.4.